The molecule has 0 aromatic rings. The lowest BCUT2D eigenvalue weighted by Crippen LogP contribution is -2.39. The Bertz CT molecular complexity index is 211. The van der Waals surface area contributed by atoms with E-state index < -0.39 is 12.3 Å². The summed E-state index contributed by atoms with van der Waals surface area (Å²) in [5, 5.41) is 9.64. The van der Waals surface area contributed by atoms with Crippen LogP contribution < -0.4 is 0 Å². The molecule has 0 fully saturated rings. The lowest BCUT2D eigenvalue weighted by Gasteiger charge is -2.32. The van der Waals surface area contributed by atoms with Crippen molar-refractivity contribution in [1.29, 1.82) is 0 Å². The number of hydrogen-bond donors (Lipinski definition) is 1. The monoisotopic (exact) mass is 280 g/mol. The highest BCUT2D eigenvalue weighted by atomic mass is 17.2. The van der Waals surface area contributed by atoms with Gasteiger partial charge in [0.1, 0.15) is 0 Å². The summed E-state index contributed by atoms with van der Waals surface area (Å²) in [6.07, 6.45) is 0.338. The van der Waals surface area contributed by atoms with Crippen LogP contribution in [0.2, 0.25) is 0 Å². The van der Waals surface area contributed by atoms with Crippen LogP contribution in [0.25, 0.3) is 0 Å². The Kier molecular flexibility index (Phi) is 10.4. The minimum atomic E-state index is -1.13. The van der Waals surface area contributed by atoms with Gasteiger partial charge in [0, 0.05) is 26.6 Å². The first-order chi connectivity index (χ1) is 8.99. The van der Waals surface area contributed by atoms with Gasteiger partial charge in [0.05, 0.1) is 12.7 Å². The van der Waals surface area contributed by atoms with Crippen LogP contribution in [0.4, 0.5) is 0 Å². The molecule has 0 spiro atoms. The first-order valence-corrected chi connectivity index (χ1v) is 6.82. The molecule has 0 aromatic carbocycles. The minimum Gasteiger partial charge on any atom is -0.366 e. The molecule has 0 bridgehead atoms. The number of hydrogen-bond acceptors (Lipinski definition) is 6. The molecule has 6 nitrogen and oxygen atoms in total. The molecule has 2 unspecified atom stereocenters. The Hall–Kier alpha value is -0.240. The van der Waals surface area contributed by atoms with E-state index in [1.807, 2.05) is 27.7 Å². The van der Waals surface area contributed by atoms with Crippen LogP contribution >= 0.6 is 0 Å². The number of ether oxygens (including phenoxy) is 3. The molecule has 19 heavy (non-hydrogen) atoms. The van der Waals surface area contributed by atoms with E-state index in [4.69, 9.17) is 24.0 Å². The number of methoxy groups -OCH3 is 1. The zero-order chi connectivity index (χ0) is 14.7. The summed E-state index contributed by atoms with van der Waals surface area (Å²) in [5.74, 6) is -1.13. The van der Waals surface area contributed by atoms with Crippen LogP contribution in [0.1, 0.15) is 47.0 Å². The SMILES string of the molecule is CCCOC(CCC(O)OOC(C)C)(OC)OCC. The standard InChI is InChI=1S/C13H28O6/c1-6-10-17-13(15-5,16-7-2)9-8-12(14)19-18-11(3)4/h11-12,14H,6-10H2,1-5H3. The molecule has 1 N–H and O–H groups in total. The van der Waals surface area contributed by atoms with Gasteiger partial charge in [-0.3, -0.25) is 0 Å². The predicted octanol–water partition coefficient (Wildman–Crippen LogP) is 2.20. The van der Waals surface area contributed by atoms with Gasteiger partial charge in [-0.25, -0.2) is 9.78 Å². The molecule has 0 saturated heterocycles. The van der Waals surface area contributed by atoms with Gasteiger partial charge in [-0.2, -0.15) is 0 Å². The highest BCUT2D eigenvalue weighted by molar-refractivity contribution is 4.59. The molecular weight excluding hydrogens is 252 g/mol. The molecule has 0 amide bonds. The van der Waals surface area contributed by atoms with Gasteiger partial charge in [-0.15, -0.1) is 0 Å². The first-order valence-electron chi connectivity index (χ1n) is 6.82. The van der Waals surface area contributed by atoms with Crippen molar-refractivity contribution in [3.05, 3.63) is 0 Å². The molecule has 0 saturated carbocycles. The summed E-state index contributed by atoms with van der Waals surface area (Å²) in [7, 11) is 1.52. The Balaban J connectivity index is 4.22. The number of aliphatic hydroxyl groups is 1. The second-order valence-electron chi connectivity index (χ2n) is 4.40. The third-order valence-electron chi connectivity index (χ3n) is 2.26. The van der Waals surface area contributed by atoms with Gasteiger partial charge < -0.3 is 19.3 Å². The summed E-state index contributed by atoms with van der Waals surface area (Å²) in [6, 6.07) is 0. The van der Waals surface area contributed by atoms with Crippen molar-refractivity contribution in [3.63, 3.8) is 0 Å². The van der Waals surface area contributed by atoms with E-state index in [9.17, 15) is 5.11 Å². The van der Waals surface area contributed by atoms with Crippen molar-refractivity contribution >= 4 is 0 Å². The topological polar surface area (TPSA) is 66.4 Å². The molecule has 0 radical (unpaired) electrons. The molecule has 0 aromatic heterocycles. The zero-order valence-corrected chi connectivity index (χ0v) is 12.7. The lowest BCUT2D eigenvalue weighted by molar-refractivity contribution is -0.402. The maximum absolute atomic E-state index is 9.64. The summed E-state index contributed by atoms with van der Waals surface area (Å²) in [5.41, 5.74) is 0. The summed E-state index contributed by atoms with van der Waals surface area (Å²) in [4.78, 5) is 9.69. The van der Waals surface area contributed by atoms with Crippen LogP contribution in [-0.4, -0.2) is 43.8 Å². The fraction of sp³-hybridized carbons (Fsp3) is 1.00. The van der Waals surface area contributed by atoms with Gasteiger partial charge in [0.25, 0.3) is 5.97 Å². The van der Waals surface area contributed by atoms with E-state index in [2.05, 4.69) is 0 Å². The quantitative estimate of drug-likeness (QED) is 0.336. The Morgan fingerprint density at radius 1 is 1.11 bits per heavy atom. The van der Waals surface area contributed by atoms with Crippen LogP contribution in [0.5, 0.6) is 0 Å². The molecule has 0 heterocycles. The molecule has 0 aliphatic carbocycles. The molecule has 0 aliphatic heterocycles. The average Bonchev–Trinajstić information content (AvgIpc) is 2.39. The van der Waals surface area contributed by atoms with Gasteiger partial charge >= 0.3 is 0 Å². The molecule has 0 rings (SSSR count). The first kappa shape index (κ1) is 18.8. The van der Waals surface area contributed by atoms with Crippen LogP contribution in [0, 0.1) is 0 Å². The van der Waals surface area contributed by atoms with E-state index in [-0.39, 0.29) is 12.5 Å². The third kappa shape index (κ3) is 8.52. The molecule has 116 valence electrons. The smallest absolute Gasteiger partial charge is 0.282 e. The summed E-state index contributed by atoms with van der Waals surface area (Å²) < 4.78 is 16.4. The molecular formula is C13H28O6. The minimum absolute atomic E-state index is 0.106. The fourth-order valence-electron chi connectivity index (χ4n) is 1.41. The summed E-state index contributed by atoms with van der Waals surface area (Å²) >= 11 is 0. The lowest BCUT2D eigenvalue weighted by atomic mass is 10.2. The van der Waals surface area contributed by atoms with Crippen molar-refractivity contribution in [2.24, 2.45) is 0 Å². The molecule has 0 aliphatic rings. The molecule has 2 atom stereocenters. The number of aliphatic hydroxyl groups excluding tert-OH is 1. The van der Waals surface area contributed by atoms with Gasteiger partial charge in [-0.1, -0.05) is 6.92 Å². The third-order valence-corrected chi connectivity index (χ3v) is 2.26. The Morgan fingerprint density at radius 3 is 2.26 bits per heavy atom. The highest BCUT2D eigenvalue weighted by Crippen LogP contribution is 2.23. The maximum atomic E-state index is 9.64. The average molecular weight is 280 g/mol. The normalized spacial score (nSPS) is 16.6. The van der Waals surface area contributed by atoms with E-state index >= 15 is 0 Å². The van der Waals surface area contributed by atoms with E-state index in [1.54, 1.807) is 0 Å². The summed E-state index contributed by atoms with van der Waals surface area (Å²) in [6.45, 7) is 8.47. The van der Waals surface area contributed by atoms with Crippen LogP contribution in [0.3, 0.4) is 0 Å². The Morgan fingerprint density at radius 2 is 1.79 bits per heavy atom. The van der Waals surface area contributed by atoms with Gasteiger partial charge in [-0.05, 0) is 27.2 Å². The maximum Gasteiger partial charge on any atom is 0.282 e. The largest absolute Gasteiger partial charge is 0.366 e. The second kappa shape index (κ2) is 10.5. The highest BCUT2D eigenvalue weighted by Gasteiger charge is 2.32. The van der Waals surface area contributed by atoms with Crippen molar-refractivity contribution in [2.75, 3.05) is 20.3 Å². The van der Waals surface area contributed by atoms with Gasteiger partial charge in [0.2, 0.25) is 0 Å². The fourth-order valence-corrected chi connectivity index (χ4v) is 1.41. The Labute approximate surface area is 115 Å². The van der Waals surface area contributed by atoms with Crippen molar-refractivity contribution in [3.8, 4) is 0 Å². The van der Waals surface area contributed by atoms with Crippen molar-refractivity contribution in [1.82, 2.24) is 0 Å². The van der Waals surface area contributed by atoms with Crippen molar-refractivity contribution in [2.45, 2.75) is 65.3 Å². The van der Waals surface area contributed by atoms with E-state index in [1.165, 1.54) is 7.11 Å². The number of rotatable bonds is 12. The van der Waals surface area contributed by atoms with Gasteiger partial charge in [0.15, 0.2) is 6.29 Å². The van der Waals surface area contributed by atoms with Crippen molar-refractivity contribution < 1.29 is 29.1 Å². The van der Waals surface area contributed by atoms with E-state index in [0.29, 0.717) is 19.6 Å². The zero-order valence-electron chi connectivity index (χ0n) is 12.7. The molecule has 6 heteroatoms. The van der Waals surface area contributed by atoms with E-state index in [0.717, 1.165) is 6.42 Å². The second-order valence-corrected chi connectivity index (χ2v) is 4.40. The van der Waals surface area contributed by atoms with Crippen LogP contribution in [-0.2, 0) is 24.0 Å². The van der Waals surface area contributed by atoms with Crippen LogP contribution in [0.15, 0.2) is 0 Å². The predicted molar refractivity (Wildman–Crippen MR) is 70.2 cm³/mol.